The topological polar surface area (TPSA) is 87.7 Å². The molecule has 0 heterocycles. The second-order valence-corrected chi connectivity index (χ2v) is 11.0. The summed E-state index contributed by atoms with van der Waals surface area (Å²) in [4.78, 5) is 42.0. The molecule has 1 rings (SSSR count). The van der Waals surface area contributed by atoms with Gasteiger partial charge in [-0.05, 0) is 70.6 Å². The summed E-state index contributed by atoms with van der Waals surface area (Å²) in [6.07, 6.45) is 8.83. The van der Waals surface area contributed by atoms with Gasteiger partial charge in [-0.1, -0.05) is 58.6 Å². The molecule has 0 bridgehead atoms. The summed E-state index contributed by atoms with van der Waals surface area (Å²) in [6, 6.07) is 5.17. The summed E-state index contributed by atoms with van der Waals surface area (Å²) < 4.78 is 5.44. The highest BCUT2D eigenvalue weighted by atomic mass is 16.6. The first-order valence-electron chi connectivity index (χ1n) is 13.5. The van der Waals surface area contributed by atoms with E-state index in [0.29, 0.717) is 30.5 Å². The number of terminal acetylenes is 1. The number of rotatable bonds is 13. The van der Waals surface area contributed by atoms with Crippen LogP contribution in [0.5, 0.6) is 0 Å². The zero-order chi connectivity index (χ0) is 28.2. The smallest absolute Gasteiger partial charge is 0.408 e. The molecule has 1 aromatic carbocycles. The number of alkyl carbamates (subject to hydrolysis) is 1. The summed E-state index contributed by atoms with van der Waals surface area (Å²) in [5.41, 5.74) is 0.656. The molecule has 7 heteroatoms. The van der Waals surface area contributed by atoms with Gasteiger partial charge in [-0.2, -0.15) is 0 Å². The van der Waals surface area contributed by atoms with Crippen LogP contribution in [0.4, 0.5) is 4.79 Å². The number of nitrogens with one attached hydrogen (secondary N) is 2. The van der Waals surface area contributed by atoms with E-state index in [-0.39, 0.29) is 23.8 Å². The molecule has 0 aliphatic carbocycles. The van der Waals surface area contributed by atoms with Crippen molar-refractivity contribution >= 4 is 17.9 Å². The molecule has 0 spiro atoms. The fourth-order valence-corrected chi connectivity index (χ4v) is 4.00. The average molecular weight is 514 g/mol. The lowest BCUT2D eigenvalue weighted by molar-refractivity contribution is -0.145. The van der Waals surface area contributed by atoms with Gasteiger partial charge in [0.1, 0.15) is 17.7 Å². The van der Waals surface area contributed by atoms with Crippen LogP contribution in [0.2, 0.25) is 0 Å². The van der Waals surface area contributed by atoms with Crippen molar-refractivity contribution in [1.29, 1.82) is 0 Å². The molecule has 7 nitrogen and oxygen atoms in total. The average Bonchev–Trinajstić information content (AvgIpc) is 2.82. The molecule has 0 aromatic heterocycles. The first-order chi connectivity index (χ1) is 17.3. The van der Waals surface area contributed by atoms with E-state index < -0.39 is 23.8 Å². The van der Waals surface area contributed by atoms with E-state index in [9.17, 15) is 14.4 Å². The minimum absolute atomic E-state index is 0.124. The normalized spacial score (nSPS) is 13.7. The minimum Gasteiger partial charge on any atom is -0.444 e. The summed E-state index contributed by atoms with van der Waals surface area (Å²) in [5.74, 6) is 2.15. The summed E-state index contributed by atoms with van der Waals surface area (Å²) in [7, 11) is 0. The lowest BCUT2D eigenvalue weighted by atomic mass is 9.96. The predicted molar refractivity (Wildman–Crippen MR) is 149 cm³/mol. The van der Waals surface area contributed by atoms with Crippen molar-refractivity contribution in [3.8, 4) is 12.3 Å². The van der Waals surface area contributed by atoms with Crippen LogP contribution in [0.25, 0.3) is 0 Å². The number of ether oxygens (including phenoxy) is 1. The van der Waals surface area contributed by atoms with Gasteiger partial charge in [0.15, 0.2) is 0 Å². The highest BCUT2D eigenvalue weighted by molar-refractivity contribution is 5.92. The van der Waals surface area contributed by atoms with E-state index in [4.69, 9.17) is 11.2 Å². The highest BCUT2D eigenvalue weighted by Gasteiger charge is 2.38. The van der Waals surface area contributed by atoms with Crippen molar-refractivity contribution in [2.45, 2.75) is 111 Å². The van der Waals surface area contributed by atoms with Crippen LogP contribution in [0, 0.1) is 18.3 Å². The van der Waals surface area contributed by atoms with Gasteiger partial charge in [0, 0.05) is 18.2 Å². The third kappa shape index (κ3) is 10.9. The second kappa shape index (κ2) is 15.3. The molecule has 3 atom stereocenters. The Morgan fingerprint density at radius 3 is 2.16 bits per heavy atom. The Bertz CT molecular complexity index is 912. The molecule has 3 unspecified atom stereocenters. The van der Waals surface area contributed by atoms with Crippen LogP contribution in [0.1, 0.15) is 105 Å². The molecule has 3 amide bonds. The third-order valence-electron chi connectivity index (χ3n) is 6.02. The van der Waals surface area contributed by atoms with E-state index in [0.717, 1.165) is 19.3 Å². The summed E-state index contributed by atoms with van der Waals surface area (Å²) in [5, 5.41) is 5.80. The fraction of sp³-hybridized carbons (Fsp3) is 0.633. The van der Waals surface area contributed by atoms with Crippen molar-refractivity contribution in [3.05, 3.63) is 35.4 Å². The lowest BCUT2D eigenvalue weighted by Gasteiger charge is -2.38. The van der Waals surface area contributed by atoms with E-state index in [1.165, 1.54) is 0 Å². The summed E-state index contributed by atoms with van der Waals surface area (Å²) >= 11 is 0. The van der Waals surface area contributed by atoms with Crippen molar-refractivity contribution in [1.82, 2.24) is 15.5 Å². The Morgan fingerprint density at radius 2 is 1.68 bits per heavy atom. The number of hydrogen-bond acceptors (Lipinski definition) is 4. The van der Waals surface area contributed by atoms with Crippen LogP contribution in [0.3, 0.4) is 0 Å². The van der Waals surface area contributed by atoms with Gasteiger partial charge in [0.25, 0.3) is 0 Å². The van der Waals surface area contributed by atoms with Crippen LogP contribution in [-0.2, 0) is 14.3 Å². The molecule has 0 radical (unpaired) electrons. The fourth-order valence-electron chi connectivity index (χ4n) is 4.00. The number of carbonyl (C=O) groups is 3. The van der Waals surface area contributed by atoms with E-state index >= 15 is 0 Å². The van der Waals surface area contributed by atoms with Crippen molar-refractivity contribution in [2.24, 2.45) is 5.92 Å². The van der Waals surface area contributed by atoms with Crippen molar-refractivity contribution in [2.75, 3.05) is 6.54 Å². The van der Waals surface area contributed by atoms with Crippen LogP contribution >= 0.6 is 0 Å². The Labute approximate surface area is 224 Å². The standard InChI is InChI=1S/C30H47N3O4/c1-10-13-14-19-31-27(34)26(24-17-15-23(12-3)16-18-24)33(22(6)11-2)28(35)25(20-21(4)5)32-29(36)37-30(7,8)9/h3,15-18,21-22,25-26H,10-11,13-14,19-20H2,1-2,4-9H3,(H,31,34)(H,32,36). The first-order valence-corrected chi connectivity index (χ1v) is 13.5. The van der Waals surface area contributed by atoms with Crippen LogP contribution in [-0.4, -0.2) is 47.0 Å². The third-order valence-corrected chi connectivity index (χ3v) is 6.02. The Morgan fingerprint density at radius 1 is 1.05 bits per heavy atom. The molecular weight excluding hydrogens is 466 g/mol. The van der Waals surface area contributed by atoms with Crippen molar-refractivity contribution in [3.63, 3.8) is 0 Å². The zero-order valence-corrected chi connectivity index (χ0v) is 24.0. The molecule has 206 valence electrons. The zero-order valence-electron chi connectivity index (χ0n) is 24.0. The van der Waals surface area contributed by atoms with Crippen LogP contribution in [0.15, 0.2) is 24.3 Å². The molecule has 0 saturated carbocycles. The van der Waals surface area contributed by atoms with Gasteiger partial charge in [-0.3, -0.25) is 9.59 Å². The second-order valence-electron chi connectivity index (χ2n) is 11.0. The molecular formula is C30H47N3O4. The number of nitrogens with zero attached hydrogens (tertiary/aromatic N) is 1. The highest BCUT2D eigenvalue weighted by Crippen LogP contribution is 2.27. The first kappa shape index (κ1) is 32.0. The quantitative estimate of drug-likeness (QED) is 0.266. The molecule has 0 aliphatic rings. The Balaban J connectivity index is 3.48. The molecule has 0 aliphatic heterocycles. The van der Waals surface area contributed by atoms with Crippen molar-refractivity contribution < 1.29 is 19.1 Å². The minimum atomic E-state index is -0.869. The maximum atomic E-state index is 14.1. The number of amides is 3. The maximum Gasteiger partial charge on any atom is 0.408 e. The molecule has 0 fully saturated rings. The number of hydrogen-bond donors (Lipinski definition) is 2. The number of benzene rings is 1. The number of carbonyl (C=O) groups excluding carboxylic acids is 3. The van der Waals surface area contributed by atoms with Gasteiger partial charge in [0.05, 0.1) is 0 Å². The summed E-state index contributed by atoms with van der Waals surface area (Å²) in [6.45, 7) is 15.8. The van der Waals surface area contributed by atoms with Gasteiger partial charge in [0.2, 0.25) is 11.8 Å². The predicted octanol–water partition coefficient (Wildman–Crippen LogP) is 5.58. The molecule has 2 N–H and O–H groups in total. The SMILES string of the molecule is C#Cc1ccc(C(C(=O)NCCCCC)N(C(=O)C(CC(C)C)NC(=O)OC(C)(C)C)C(C)CC)cc1. The maximum absolute atomic E-state index is 14.1. The van der Waals surface area contributed by atoms with Gasteiger partial charge in [-0.15, -0.1) is 6.42 Å². The molecule has 1 aromatic rings. The van der Waals surface area contributed by atoms with Gasteiger partial charge in [-0.25, -0.2) is 4.79 Å². The lowest BCUT2D eigenvalue weighted by Crippen LogP contribution is -2.55. The monoisotopic (exact) mass is 513 g/mol. The van der Waals surface area contributed by atoms with Gasteiger partial charge >= 0.3 is 6.09 Å². The van der Waals surface area contributed by atoms with E-state index in [1.807, 2.05) is 27.7 Å². The molecule has 0 saturated heterocycles. The molecule has 37 heavy (non-hydrogen) atoms. The largest absolute Gasteiger partial charge is 0.444 e. The Kier molecular flexibility index (Phi) is 13.2. The number of unbranched alkanes of at least 4 members (excludes halogenated alkanes) is 2. The Hall–Kier alpha value is -3.01. The van der Waals surface area contributed by atoms with E-state index in [2.05, 4.69) is 23.5 Å². The van der Waals surface area contributed by atoms with Crippen LogP contribution < -0.4 is 10.6 Å². The van der Waals surface area contributed by atoms with Gasteiger partial charge < -0.3 is 20.3 Å². The van der Waals surface area contributed by atoms with E-state index in [1.54, 1.807) is 49.9 Å².